The highest BCUT2D eigenvalue weighted by atomic mass is 32.2. The molecule has 1 aromatic carbocycles. The van der Waals surface area contributed by atoms with E-state index in [2.05, 4.69) is 36.2 Å². The first kappa shape index (κ1) is 31.9. The Morgan fingerprint density at radius 3 is 2.26 bits per heavy atom. The smallest absolute Gasteiger partial charge is 0.333 e. The largest absolute Gasteiger partial charge is 0.463 e. The molecular weight excluding hydrogens is 498 g/mol. The van der Waals surface area contributed by atoms with Gasteiger partial charge in [-0.1, -0.05) is 71.0 Å². The highest BCUT2D eigenvalue weighted by molar-refractivity contribution is 8.01. The standard InChI is InChI=1S/C30H47N3O4S/c1-12-37-28(36)20(4)18-22(19(2)3)32(10)26(35)23(29(5,6)7)31-25(34)24-30(8,9)38-27(33(24)11)21-16-14-13-15-17-21/h13-19,22-24,27H,12H2,1-11H3,(H,31,34)/t22-,23-,24+,27+/m1/s1. The van der Waals surface area contributed by atoms with E-state index in [9.17, 15) is 14.4 Å². The fraction of sp³-hybridized carbons (Fsp3) is 0.633. The zero-order valence-corrected chi connectivity index (χ0v) is 25.8. The fourth-order valence-corrected chi connectivity index (χ4v) is 6.58. The van der Waals surface area contributed by atoms with Gasteiger partial charge in [-0.25, -0.2) is 4.79 Å². The Hall–Kier alpha value is -2.32. The summed E-state index contributed by atoms with van der Waals surface area (Å²) in [5, 5.41) is 3.17. The van der Waals surface area contributed by atoms with Crippen molar-refractivity contribution in [1.82, 2.24) is 15.1 Å². The van der Waals surface area contributed by atoms with E-state index < -0.39 is 23.5 Å². The van der Waals surface area contributed by atoms with Crippen molar-refractivity contribution < 1.29 is 19.1 Å². The second-order valence-electron chi connectivity index (χ2n) is 12.1. The van der Waals surface area contributed by atoms with Gasteiger partial charge in [0.1, 0.15) is 12.1 Å². The Balaban J connectivity index is 2.33. The molecule has 1 aromatic rings. The van der Waals surface area contributed by atoms with E-state index in [0.717, 1.165) is 5.56 Å². The molecule has 1 N–H and O–H groups in total. The normalized spacial score (nSPS) is 21.6. The van der Waals surface area contributed by atoms with Crippen LogP contribution in [-0.4, -0.2) is 71.2 Å². The van der Waals surface area contributed by atoms with Crippen LogP contribution in [0.5, 0.6) is 0 Å². The number of benzene rings is 1. The van der Waals surface area contributed by atoms with Gasteiger partial charge in [-0.05, 0) is 51.6 Å². The van der Waals surface area contributed by atoms with Crippen molar-refractivity contribution in [3.05, 3.63) is 47.5 Å². The predicted octanol–water partition coefficient (Wildman–Crippen LogP) is 5.03. The highest BCUT2D eigenvalue weighted by Gasteiger charge is 2.51. The minimum absolute atomic E-state index is 0.0368. The summed E-state index contributed by atoms with van der Waals surface area (Å²) in [5.41, 5.74) is 1.07. The summed E-state index contributed by atoms with van der Waals surface area (Å²) >= 11 is 1.76. The molecule has 7 nitrogen and oxygen atoms in total. The average Bonchev–Trinajstić information content (AvgIpc) is 3.07. The zero-order valence-electron chi connectivity index (χ0n) is 25.0. The molecular formula is C30H47N3O4S. The van der Waals surface area contributed by atoms with Crippen molar-refractivity contribution in [3.63, 3.8) is 0 Å². The van der Waals surface area contributed by atoms with E-state index in [1.165, 1.54) is 0 Å². The summed E-state index contributed by atoms with van der Waals surface area (Å²) < 4.78 is 4.77. The number of hydrogen-bond donors (Lipinski definition) is 1. The molecule has 0 aliphatic carbocycles. The second kappa shape index (κ2) is 12.7. The molecule has 0 saturated carbocycles. The quantitative estimate of drug-likeness (QED) is 0.346. The van der Waals surface area contributed by atoms with Crippen molar-refractivity contribution in [2.75, 3.05) is 20.7 Å². The first-order valence-electron chi connectivity index (χ1n) is 13.4. The number of nitrogens with one attached hydrogen (secondary N) is 1. The molecule has 0 radical (unpaired) electrons. The molecule has 1 saturated heterocycles. The third kappa shape index (κ3) is 7.41. The first-order valence-corrected chi connectivity index (χ1v) is 14.3. The lowest BCUT2D eigenvalue weighted by molar-refractivity contribution is -0.141. The van der Waals surface area contributed by atoms with Crippen LogP contribution in [0.1, 0.15) is 73.3 Å². The number of carbonyl (C=O) groups is 3. The molecule has 1 heterocycles. The SMILES string of the molecule is CCOC(=O)C(C)=C[C@H](C(C)C)N(C)C(=O)[C@@H](NC(=O)[C@@H]1N(C)[C@H](c2ccccc2)SC1(C)C)C(C)(C)C. The average molecular weight is 546 g/mol. The number of thioether (sulfide) groups is 1. The molecule has 2 rings (SSSR count). The van der Waals surface area contributed by atoms with E-state index in [-0.39, 0.29) is 33.9 Å². The van der Waals surface area contributed by atoms with Crippen LogP contribution in [0.25, 0.3) is 0 Å². The predicted molar refractivity (Wildman–Crippen MR) is 156 cm³/mol. The summed E-state index contributed by atoms with van der Waals surface area (Å²) in [5.74, 6) is -0.697. The number of rotatable bonds is 9. The lowest BCUT2D eigenvalue weighted by atomic mass is 9.84. The Morgan fingerprint density at radius 1 is 1.18 bits per heavy atom. The summed E-state index contributed by atoms with van der Waals surface area (Å²) in [6, 6.07) is 8.67. The first-order chi connectivity index (χ1) is 17.5. The topological polar surface area (TPSA) is 79.0 Å². The number of ether oxygens (including phenoxy) is 1. The van der Waals surface area contributed by atoms with E-state index in [1.807, 2.05) is 59.9 Å². The monoisotopic (exact) mass is 545 g/mol. The minimum Gasteiger partial charge on any atom is -0.463 e. The summed E-state index contributed by atoms with van der Waals surface area (Å²) in [6.45, 7) is 17.8. The fourth-order valence-electron chi connectivity index (χ4n) is 5.02. The van der Waals surface area contributed by atoms with Gasteiger partial charge in [0, 0.05) is 17.4 Å². The lowest BCUT2D eigenvalue weighted by Crippen LogP contribution is -2.60. The third-order valence-electron chi connectivity index (χ3n) is 7.08. The molecule has 38 heavy (non-hydrogen) atoms. The van der Waals surface area contributed by atoms with Gasteiger partial charge in [0.15, 0.2) is 0 Å². The number of likely N-dealkylation sites (N-methyl/N-ethyl adjacent to an activating group) is 2. The number of nitrogens with zero attached hydrogens (tertiary/aromatic N) is 2. The maximum absolute atomic E-state index is 13.9. The maximum Gasteiger partial charge on any atom is 0.333 e. The molecule has 8 heteroatoms. The van der Waals surface area contributed by atoms with Crippen LogP contribution >= 0.6 is 11.8 Å². The number of amides is 2. The van der Waals surface area contributed by atoms with Crippen LogP contribution < -0.4 is 5.32 Å². The Morgan fingerprint density at radius 2 is 1.76 bits per heavy atom. The van der Waals surface area contributed by atoms with Gasteiger partial charge in [-0.2, -0.15) is 0 Å². The summed E-state index contributed by atoms with van der Waals surface area (Å²) in [6.07, 6.45) is 1.79. The zero-order chi connectivity index (χ0) is 29.0. The number of carbonyl (C=O) groups excluding carboxylic acids is 3. The Kier molecular flexibility index (Phi) is 10.7. The van der Waals surface area contributed by atoms with Crippen molar-refractivity contribution in [2.24, 2.45) is 11.3 Å². The molecule has 1 aliphatic heterocycles. The molecule has 0 bridgehead atoms. The van der Waals surface area contributed by atoms with E-state index >= 15 is 0 Å². The van der Waals surface area contributed by atoms with E-state index in [0.29, 0.717) is 12.2 Å². The highest BCUT2D eigenvalue weighted by Crippen LogP contribution is 2.51. The van der Waals surface area contributed by atoms with Crippen LogP contribution in [0.2, 0.25) is 0 Å². The van der Waals surface area contributed by atoms with Crippen LogP contribution in [0.15, 0.2) is 42.0 Å². The van der Waals surface area contributed by atoms with Gasteiger partial charge in [-0.15, -0.1) is 11.8 Å². The van der Waals surface area contributed by atoms with Crippen molar-refractivity contribution in [1.29, 1.82) is 0 Å². The van der Waals surface area contributed by atoms with Gasteiger partial charge >= 0.3 is 5.97 Å². The summed E-state index contributed by atoms with van der Waals surface area (Å²) in [7, 11) is 3.71. The molecule has 2 amide bonds. The van der Waals surface area contributed by atoms with E-state index in [1.54, 1.807) is 43.6 Å². The van der Waals surface area contributed by atoms with Crippen molar-refractivity contribution in [2.45, 2.75) is 90.6 Å². The molecule has 1 fully saturated rings. The lowest BCUT2D eigenvalue weighted by Gasteiger charge is -2.39. The molecule has 0 spiro atoms. The van der Waals surface area contributed by atoms with Crippen LogP contribution in [0.4, 0.5) is 0 Å². The van der Waals surface area contributed by atoms with Crippen LogP contribution in [0.3, 0.4) is 0 Å². The molecule has 0 unspecified atom stereocenters. The molecule has 1 aliphatic rings. The minimum atomic E-state index is -0.748. The summed E-state index contributed by atoms with van der Waals surface area (Å²) in [4.78, 5) is 43.8. The number of esters is 1. The Bertz CT molecular complexity index is 1020. The molecule has 212 valence electrons. The van der Waals surface area contributed by atoms with Gasteiger partial charge in [0.05, 0.1) is 18.0 Å². The third-order valence-corrected chi connectivity index (χ3v) is 8.74. The van der Waals surface area contributed by atoms with Crippen LogP contribution in [-0.2, 0) is 19.1 Å². The van der Waals surface area contributed by atoms with Gasteiger partial charge in [-0.3, -0.25) is 14.5 Å². The maximum atomic E-state index is 13.9. The number of hydrogen-bond acceptors (Lipinski definition) is 6. The second-order valence-corrected chi connectivity index (χ2v) is 13.8. The van der Waals surface area contributed by atoms with Crippen molar-refractivity contribution in [3.8, 4) is 0 Å². The van der Waals surface area contributed by atoms with Gasteiger partial charge in [0.25, 0.3) is 0 Å². The van der Waals surface area contributed by atoms with Gasteiger partial charge < -0.3 is 15.0 Å². The Labute approximate surface area is 233 Å². The van der Waals surface area contributed by atoms with E-state index in [4.69, 9.17) is 4.74 Å². The van der Waals surface area contributed by atoms with Crippen molar-refractivity contribution >= 4 is 29.5 Å². The molecule has 0 aromatic heterocycles. The molecule has 4 atom stereocenters. The van der Waals surface area contributed by atoms with Gasteiger partial charge in [0.2, 0.25) is 11.8 Å². The van der Waals surface area contributed by atoms with Crippen LogP contribution in [0, 0.1) is 11.3 Å².